The van der Waals surface area contributed by atoms with Crippen LogP contribution in [0.2, 0.25) is 0 Å². The van der Waals surface area contributed by atoms with Crippen LogP contribution in [0.15, 0.2) is 12.1 Å². The normalized spacial score (nSPS) is 16.0. The number of esters is 1. The summed E-state index contributed by atoms with van der Waals surface area (Å²) in [7, 11) is 0. The summed E-state index contributed by atoms with van der Waals surface area (Å²) in [6.07, 6.45) is 11.6. The fourth-order valence-electron chi connectivity index (χ4n) is 5.45. The van der Waals surface area contributed by atoms with Crippen molar-refractivity contribution in [1.29, 1.82) is 0 Å². The Kier molecular flexibility index (Phi) is 11.1. The van der Waals surface area contributed by atoms with E-state index in [1.807, 2.05) is 0 Å². The van der Waals surface area contributed by atoms with E-state index in [1.54, 1.807) is 0 Å². The Hall–Kier alpha value is -1.55. The predicted molar refractivity (Wildman–Crippen MR) is 147 cm³/mol. The van der Waals surface area contributed by atoms with E-state index in [1.165, 1.54) is 71.0 Å². The summed E-state index contributed by atoms with van der Waals surface area (Å²) in [6, 6.07) is 4.14. The molecule has 4 heteroatoms. The number of aromatic hydroxyl groups is 1. The first kappa shape index (κ1) is 29.7. The molecule has 0 radical (unpaired) electrons. The van der Waals surface area contributed by atoms with Crippen LogP contribution in [0.3, 0.4) is 0 Å². The lowest BCUT2D eigenvalue weighted by Gasteiger charge is -2.34. The highest BCUT2D eigenvalue weighted by molar-refractivity contribution is 5.69. The molecule has 1 aromatic rings. The number of aryl methyl sites for hydroxylation is 1. The van der Waals surface area contributed by atoms with Crippen LogP contribution in [-0.4, -0.2) is 48.3 Å². The highest BCUT2D eigenvalue weighted by Crippen LogP contribution is 2.40. The van der Waals surface area contributed by atoms with E-state index in [2.05, 4.69) is 60.6 Å². The molecule has 0 aromatic heterocycles. The van der Waals surface area contributed by atoms with E-state index in [-0.39, 0.29) is 16.8 Å². The SMILES string of the molecule is CCCCCCCC[N+]1(CCOC(=O)CCc2cc(C(C)(C)C)c(O)c(C(C)(C)C)c2)CCCC1. The number of phenols is 1. The van der Waals surface area contributed by atoms with Crippen molar-refractivity contribution in [2.24, 2.45) is 0 Å². The summed E-state index contributed by atoms with van der Waals surface area (Å²) < 4.78 is 6.87. The molecule has 0 aliphatic carbocycles. The number of hydrogen-bond donors (Lipinski definition) is 1. The topological polar surface area (TPSA) is 46.5 Å². The second-order valence-electron chi connectivity index (χ2n) is 13.0. The molecule has 1 aliphatic heterocycles. The molecular weight excluding hydrogens is 434 g/mol. The summed E-state index contributed by atoms with van der Waals surface area (Å²) in [5, 5.41) is 10.9. The number of quaternary nitrogens is 1. The van der Waals surface area contributed by atoms with Gasteiger partial charge in [0.05, 0.1) is 19.6 Å². The van der Waals surface area contributed by atoms with Crippen molar-refractivity contribution in [3.63, 3.8) is 0 Å². The molecule has 0 spiro atoms. The zero-order valence-corrected chi connectivity index (χ0v) is 24.0. The summed E-state index contributed by atoms with van der Waals surface area (Å²) >= 11 is 0. The van der Waals surface area contributed by atoms with Crippen molar-refractivity contribution in [2.75, 3.05) is 32.8 Å². The molecule has 1 aromatic carbocycles. The first-order valence-corrected chi connectivity index (χ1v) is 14.3. The number of phenolic OH excluding ortho intramolecular Hbond substituents is 1. The molecule has 1 heterocycles. The minimum absolute atomic E-state index is 0.107. The number of benzene rings is 1. The van der Waals surface area contributed by atoms with Crippen LogP contribution in [0.4, 0.5) is 0 Å². The molecule has 200 valence electrons. The quantitative estimate of drug-likeness (QED) is 0.178. The largest absolute Gasteiger partial charge is 0.507 e. The lowest BCUT2D eigenvalue weighted by Crippen LogP contribution is -2.48. The predicted octanol–water partition coefficient (Wildman–Crippen LogP) is 7.43. The first-order valence-electron chi connectivity index (χ1n) is 14.3. The van der Waals surface area contributed by atoms with Gasteiger partial charge in [-0.3, -0.25) is 4.79 Å². The second-order valence-corrected chi connectivity index (χ2v) is 13.0. The number of rotatable bonds is 13. The van der Waals surface area contributed by atoms with Gasteiger partial charge in [-0.05, 0) is 46.8 Å². The smallest absolute Gasteiger partial charge is 0.306 e. The molecule has 0 amide bonds. The molecule has 1 saturated heterocycles. The number of carbonyl (C=O) groups is 1. The number of unbranched alkanes of at least 4 members (excludes halogenated alkanes) is 5. The van der Waals surface area contributed by atoms with Gasteiger partial charge in [-0.2, -0.15) is 0 Å². The minimum atomic E-state index is -0.163. The fourth-order valence-corrected chi connectivity index (χ4v) is 5.45. The molecule has 4 nitrogen and oxygen atoms in total. The van der Waals surface area contributed by atoms with Crippen LogP contribution in [0.1, 0.15) is 123 Å². The third-order valence-electron chi connectivity index (χ3n) is 7.73. The van der Waals surface area contributed by atoms with Gasteiger partial charge < -0.3 is 14.3 Å². The van der Waals surface area contributed by atoms with Gasteiger partial charge in [0.2, 0.25) is 0 Å². The van der Waals surface area contributed by atoms with Crippen molar-refractivity contribution in [3.05, 3.63) is 28.8 Å². The van der Waals surface area contributed by atoms with Crippen molar-refractivity contribution >= 4 is 5.97 Å². The van der Waals surface area contributed by atoms with Crippen LogP contribution in [0.25, 0.3) is 0 Å². The monoisotopic (exact) mass is 488 g/mol. The maximum atomic E-state index is 12.6. The van der Waals surface area contributed by atoms with Crippen molar-refractivity contribution in [1.82, 2.24) is 0 Å². The van der Waals surface area contributed by atoms with Gasteiger partial charge in [0.15, 0.2) is 0 Å². The number of hydrogen-bond acceptors (Lipinski definition) is 3. The van der Waals surface area contributed by atoms with E-state index in [4.69, 9.17) is 4.74 Å². The molecule has 35 heavy (non-hydrogen) atoms. The number of likely N-dealkylation sites (tertiary alicyclic amines) is 1. The Morgan fingerprint density at radius 1 is 0.886 bits per heavy atom. The van der Waals surface area contributed by atoms with Gasteiger partial charge >= 0.3 is 5.97 Å². The molecule has 1 aliphatic rings. The van der Waals surface area contributed by atoms with Gasteiger partial charge in [0, 0.05) is 19.3 Å². The molecule has 1 N–H and O–H groups in total. The lowest BCUT2D eigenvalue weighted by molar-refractivity contribution is -0.917. The number of carbonyl (C=O) groups excluding carboxylic acids is 1. The Labute approximate surface area is 216 Å². The van der Waals surface area contributed by atoms with Crippen molar-refractivity contribution in [2.45, 2.75) is 124 Å². The maximum Gasteiger partial charge on any atom is 0.306 e. The van der Waals surface area contributed by atoms with Crippen LogP contribution in [-0.2, 0) is 26.8 Å². The Bertz CT molecular complexity index is 759. The van der Waals surface area contributed by atoms with E-state index in [0.29, 0.717) is 25.2 Å². The Balaban J connectivity index is 1.88. The summed E-state index contributed by atoms with van der Waals surface area (Å²) in [5.74, 6) is 0.283. The maximum absolute atomic E-state index is 12.6. The Morgan fingerprint density at radius 2 is 1.43 bits per heavy atom. The number of nitrogens with zero attached hydrogens (tertiary/aromatic N) is 1. The molecule has 0 atom stereocenters. The van der Waals surface area contributed by atoms with E-state index in [9.17, 15) is 9.90 Å². The van der Waals surface area contributed by atoms with Crippen molar-refractivity contribution in [3.8, 4) is 5.75 Å². The summed E-state index contributed by atoms with van der Waals surface area (Å²) in [4.78, 5) is 12.6. The van der Waals surface area contributed by atoms with Crippen LogP contribution in [0, 0.1) is 0 Å². The standard InChI is InChI=1S/C31H53NO3/c1-8-9-10-11-12-13-18-32(19-14-15-20-32)21-22-35-28(33)17-16-25-23-26(30(2,3)4)29(34)27(24-25)31(5,6)7/h23-24H,8-22H2,1-7H3/p+1. The van der Waals surface area contributed by atoms with Crippen LogP contribution >= 0.6 is 0 Å². The highest BCUT2D eigenvalue weighted by Gasteiger charge is 2.31. The lowest BCUT2D eigenvalue weighted by atomic mass is 9.78. The van der Waals surface area contributed by atoms with Gasteiger partial charge in [0.1, 0.15) is 18.9 Å². The van der Waals surface area contributed by atoms with Crippen LogP contribution < -0.4 is 0 Å². The van der Waals surface area contributed by atoms with Crippen LogP contribution in [0.5, 0.6) is 5.75 Å². The molecule has 1 fully saturated rings. The van der Waals surface area contributed by atoms with E-state index in [0.717, 1.165) is 27.7 Å². The zero-order chi connectivity index (χ0) is 26.1. The molecule has 0 saturated carbocycles. The minimum Gasteiger partial charge on any atom is -0.507 e. The molecular formula is C31H54NO3+. The third kappa shape index (κ3) is 9.44. The van der Waals surface area contributed by atoms with Gasteiger partial charge in [-0.25, -0.2) is 0 Å². The van der Waals surface area contributed by atoms with Crippen molar-refractivity contribution < 1.29 is 19.1 Å². The second kappa shape index (κ2) is 13.1. The molecule has 0 bridgehead atoms. The summed E-state index contributed by atoms with van der Waals surface area (Å²) in [5.41, 5.74) is 2.67. The Morgan fingerprint density at radius 3 is 1.97 bits per heavy atom. The highest BCUT2D eigenvalue weighted by atomic mass is 16.5. The summed E-state index contributed by atoms with van der Waals surface area (Å²) in [6.45, 7) is 20.2. The van der Waals surface area contributed by atoms with E-state index >= 15 is 0 Å². The van der Waals surface area contributed by atoms with E-state index < -0.39 is 0 Å². The van der Waals surface area contributed by atoms with Gasteiger partial charge in [-0.15, -0.1) is 0 Å². The third-order valence-corrected chi connectivity index (χ3v) is 7.73. The number of ether oxygens (including phenoxy) is 1. The first-order chi connectivity index (χ1) is 16.4. The zero-order valence-electron chi connectivity index (χ0n) is 24.0. The molecule has 0 unspecified atom stereocenters. The fraction of sp³-hybridized carbons (Fsp3) is 0.774. The molecule has 2 rings (SSSR count). The average Bonchev–Trinajstić information content (AvgIpc) is 3.22. The van der Waals surface area contributed by atoms with Gasteiger partial charge in [-0.1, -0.05) is 86.3 Å². The average molecular weight is 489 g/mol. The van der Waals surface area contributed by atoms with Gasteiger partial charge in [0.25, 0.3) is 0 Å².